The summed E-state index contributed by atoms with van der Waals surface area (Å²) in [7, 11) is 0. The molecule has 1 aliphatic rings. The second kappa shape index (κ2) is 3.52. The van der Waals surface area contributed by atoms with Gasteiger partial charge in [0.2, 0.25) is 5.91 Å². The Kier molecular flexibility index (Phi) is 3.01. The lowest BCUT2D eigenvalue weighted by atomic mass is 10.1. The first-order chi connectivity index (χ1) is 5.49. The number of amides is 1. The quantitative estimate of drug-likeness (QED) is 0.441. The summed E-state index contributed by atoms with van der Waals surface area (Å²) in [6, 6.07) is 0. The zero-order valence-electron chi connectivity index (χ0n) is 7.93. The SMILES string of the molecule is CC(=O)N(CI)CC1(C)CC1C. The summed E-state index contributed by atoms with van der Waals surface area (Å²) in [4.78, 5) is 13.0. The number of hydrogen-bond donors (Lipinski definition) is 0. The molecule has 0 aliphatic heterocycles. The van der Waals surface area contributed by atoms with Gasteiger partial charge in [-0.25, -0.2) is 0 Å². The highest BCUT2D eigenvalue weighted by atomic mass is 127. The molecule has 12 heavy (non-hydrogen) atoms. The fourth-order valence-electron chi connectivity index (χ4n) is 1.53. The Labute approximate surface area is 87.8 Å². The molecule has 1 aliphatic carbocycles. The monoisotopic (exact) mass is 281 g/mol. The van der Waals surface area contributed by atoms with E-state index in [-0.39, 0.29) is 5.91 Å². The Balaban J connectivity index is 2.44. The second-order valence-corrected chi connectivity index (χ2v) is 4.78. The van der Waals surface area contributed by atoms with Crippen LogP contribution in [0.25, 0.3) is 0 Å². The molecule has 0 aromatic rings. The summed E-state index contributed by atoms with van der Waals surface area (Å²) < 4.78 is 0.815. The summed E-state index contributed by atoms with van der Waals surface area (Å²) in [5, 5.41) is 0. The van der Waals surface area contributed by atoms with Crippen LogP contribution in [0, 0.1) is 11.3 Å². The summed E-state index contributed by atoms with van der Waals surface area (Å²) in [5.74, 6) is 0.993. The minimum Gasteiger partial charge on any atom is -0.333 e. The highest BCUT2D eigenvalue weighted by Crippen LogP contribution is 2.52. The van der Waals surface area contributed by atoms with Crippen molar-refractivity contribution >= 4 is 28.5 Å². The van der Waals surface area contributed by atoms with E-state index in [1.54, 1.807) is 6.92 Å². The van der Waals surface area contributed by atoms with Crippen LogP contribution < -0.4 is 0 Å². The van der Waals surface area contributed by atoms with Crippen LogP contribution in [0.5, 0.6) is 0 Å². The minimum absolute atomic E-state index is 0.199. The Morgan fingerprint density at radius 3 is 2.50 bits per heavy atom. The van der Waals surface area contributed by atoms with E-state index in [0.29, 0.717) is 5.41 Å². The predicted molar refractivity (Wildman–Crippen MR) is 58.2 cm³/mol. The maximum Gasteiger partial charge on any atom is 0.220 e. The molecule has 1 saturated carbocycles. The number of rotatable bonds is 3. The fraction of sp³-hybridized carbons (Fsp3) is 0.889. The first-order valence-corrected chi connectivity index (χ1v) is 5.83. The third-order valence-electron chi connectivity index (χ3n) is 2.94. The molecule has 0 saturated heterocycles. The predicted octanol–water partition coefficient (Wildman–Crippen LogP) is 2.27. The van der Waals surface area contributed by atoms with Crippen LogP contribution in [0.15, 0.2) is 0 Å². The molecule has 3 heteroatoms. The van der Waals surface area contributed by atoms with Crippen molar-refractivity contribution in [3.8, 4) is 0 Å². The van der Waals surface area contributed by atoms with Gasteiger partial charge >= 0.3 is 0 Å². The molecule has 70 valence electrons. The minimum atomic E-state index is 0.199. The molecule has 1 rings (SSSR count). The van der Waals surface area contributed by atoms with Gasteiger partial charge in [0.25, 0.3) is 0 Å². The molecular formula is C9H16INO. The highest BCUT2D eigenvalue weighted by molar-refractivity contribution is 14.1. The van der Waals surface area contributed by atoms with Crippen molar-refractivity contribution in [1.29, 1.82) is 0 Å². The normalized spacial score (nSPS) is 33.2. The molecule has 0 aromatic carbocycles. The van der Waals surface area contributed by atoms with Gasteiger partial charge in [0, 0.05) is 13.5 Å². The largest absolute Gasteiger partial charge is 0.333 e. The van der Waals surface area contributed by atoms with Crippen molar-refractivity contribution < 1.29 is 4.79 Å². The smallest absolute Gasteiger partial charge is 0.220 e. The van der Waals surface area contributed by atoms with Crippen LogP contribution in [-0.4, -0.2) is 21.9 Å². The lowest BCUT2D eigenvalue weighted by Crippen LogP contribution is -2.32. The number of carbonyl (C=O) groups is 1. The van der Waals surface area contributed by atoms with Crippen LogP contribution in [0.2, 0.25) is 0 Å². The van der Waals surface area contributed by atoms with Crippen LogP contribution in [0.3, 0.4) is 0 Å². The topological polar surface area (TPSA) is 20.3 Å². The lowest BCUT2D eigenvalue weighted by molar-refractivity contribution is -0.128. The second-order valence-electron chi connectivity index (χ2n) is 4.10. The molecule has 0 radical (unpaired) electrons. The molecule has 1 amide bonds. The zero-order valence-corrected chi connectivity index (χ0v) is 10.1. The zero-order chi connectivity index (χ0) is 9.35. The maximum absolute atomic E-state index is 11.1. The van der Waals surface area contributed by atoms with E-state index in [1.165, 1.54) is 6.42 Å². The van der Waals surface area contributed by atoms with E-state index < -0.39 is 0 Å². The lowest BCUT2D eigenvalue weighted by Gasteiger charge is -2.22. The molecule has 0 aromatic heterocycles. The van der Waals surface area contributed by atoms with Crippen LogP contribution in [-0.2, 0) is 4.79 Å². The van der Waals surface area contributed by atoms with E-state index in [0.717, 1.165) is 17.0 Å². The van der Waals surface area contributed by atoms with E-state index in [4.69, 9.17) is 0 Å². The van der Waals surface area contributed by atoms with Crippen molar-refractivity contribution in [3.63, 3.8) is 0 Å². The number of halogens is 1. The van der Waals surface area contributed by atoms with Gasteiger partial charge in [0.15, 0.2) is 0 Å². The van der Waals surface area contributed by atoms with E-state index in [9.17, 15) is 4.79 Å². The van der Waals surface area contributed by atoms with Crippen LogP contribution in [0.1, 0.15) is 27.2 Å². The van der Waals surface area contributed by atoms with Crippen LogP contribution >= 0.6 is 22.6 Å². The van der Waals surface area contributed by atoms with Gasteiger partial charge in [0.1, 0.15) is 0 Å². The average molecular weight is 281 g/mol. The number of carbonyl (C=O) groups excluding carboxylic acids is 1. The first kappa shape index (κ1) is 10.3. The average Bonchev–Trinajstić information content (AvgIpc) is 2.55. The Bertz CT molecular complexity index is 195. The summed E-state index contributed by atoms with van der Waals surface area (Å²) in [6.45, 7) is 7.10. The Hall–Kier alpha value is 0.200. The van der Waals surface area contributed by atoms with Gasteiger partial charge in [-0.2, -0.15) is 0 Å². The van der Waals surface area contributed by atoms with E-state index >= 15 is 0 Å². The third kappa shape index (κ3) is 2.12. The van der Waals surface area contributed by atoms with Crippen molar-refractivity contribution in [1.82, 2.24) is 4.90 Å². The molecule has 0 spiro atoms. The van der Waals surface area contributed by atoms with Gasteiger partial charge < -0.3 is 4.90 Å². The molecule has 2 unspecified atom stereocenters. The molecular weight excluding hydrogens is 265 g/mol. The van der Waals surface area contributed by atoms with Gasteiger partial charge in [-0.15, -0.1) is 0 Å². The number of alkyl halides is 1. The van der Waals surface area contributed by atoms with Gasteiger partial charge in [-0.3, -0.25) is 4.79 Å². The molecule has 2 atom stereocenters. The van der Waals surface area contributed by atoms with Gasteiger partial charge in [-0.1, -0.05) is 36.4 Å². The van der Waals surface area contributed by atoms with Crippen molar-refractivity contribution in [2.24, 2.45) is 11.3 Å². The third-order valence-corrected chi connectivity index (χ3v) is 3.77. The Morgan fingerprint density at radius 1 is 1.75 bits per heavy atom. The number of hydrogen-bond acceptors (Lipinski definition) is 1. The standard InChI is InChI=1S/C9H16INO/c1-7-4-9(7,3)5-11(6-10)8(2)12/h7H,4-6H2,1-3H3. The van der Waals surface area contributed by atoms with Crippen LogP contribution in [0.4, 0.5) is 0 Å². The molecule has 0 bridgehead atoms. The molecule has 1 fully saturated rings. The Morgan fingerprint density at radius 2 is 2.25 bits per heavy atom. The number of nitrogens with zero attached hydrogens (tertiary/aromatic N) is 1. The van der Waals surface area contributed by atoms with Crippen molar-refractivity contribution in [2.45, 2.75) is 27.2 Å². The van der Waals surface area contributed by atoms with Gasteiger partial charge in [0.05, 0.1) is 4.55 Å². The fourth-order valence-corrected chi connectivity index (χ4v) is 2.26. The summed E-state index contributed by atoms with van der Waals surface area (Å²) in [6.07, 6.45) is 1.27. The molecule has 0 heterocycles. The highest BCUT2D eigenvalue weighted by Gasteiger charge is 2.47. The van der Waals surface area contributed by atoms with E-state index in [2.05, 4.69) is 36.4 Å². The van der Waals surface area contributed by atoms with Crippen molar-refractivity contribution in [3.05, 3.63) is 0 Å². The van der Waals surface area contributed by atoms with Gasteiger partial charge in [-0.05, 0) is 17.8 Å². The molecule has 0 N–H and O–H groups in total. The summed E-state index contributed by atoms with van der Waals surface area (Å²) in [5.41, 5.74) is 0.414. The maximum atomic E-state index is 11.1. The summed E-state index contributed by atoms with van der Waals surface area (Å²) >= 11 is 2.24. The van der Waals surface area contributed by atoms with E-state index in [1.807, 2.05) is 4.90 Å². The van der Waals surface area contributed by atoms with Crippen molar-refractivity contribution in [2.75, 3.05) is 11.1 Å². The molecule has 2 nitrogen and oxygen atoms in total. The first-order valence-electron chi connectivity index (χ1n) is 4.31.